The van der Waals surface area contributed by atoms with Crippen LogP contribution in [0.5, 0.6) is 0 Å². The Bertz CT molecular complexity index is 445. The molecule has 1 fully saturated rings. The molecule has 1 aromatic rings. The first kappa shape index (κ1) is 13.5. The molecule has 1 aliphatic heterocycles. The molecular weight excluding hydrogens is 265 g/mol. The lowest BCUT2D eigenvalue weighted by Crippen LogP contribution is -2.51. The van der Waals surface area contributed by atoms with Crippen molar-refractivity contribution >= 4 is 17.4 Å². The molecule has 6 heteroatoms. The Kier molecular flexibility index (Phi) is 3.45. The molecule has 2 rings (SSSR count). The van der Waals surface area contributed by atoms with Gasteiger partial charge >= 0.3 is 6.18 Å². The van der Waals surface area contributed by atoms with Crippen molar-refractivity contribution in [1.29, 1.82) is 0 Å². The van der Waals surface area contributed by atoms with E-state index in [1.54, 1.807) is 0 Å². The van der Waals surface area contributed by atoms with E-state index < -0.39 is 11.7 Å². The summed E-state index contributed by atoms with van der Waals surface area (Å²) in [5, 5.41) is 0.0650. The van der Waals surface area contributed by atoms with Crippen molar-refractivity contribution in [2.75, 3.05) is 11.4 Å². The van der Waals surface area contributed by atoms with Crippen LogP contribution in [-0.4, -0.2) is 17.6 Å². The van der Waals surface area contributed by atoms with Crippen LogP contribution >= 0.6 is 11.6 Å². The van der Waals surface area contributed by atoms with E-state index in [9.17, 15) is 13.2 Å². The Morgan fingerprint density at radius 1 is 1.44 bits per heavy atom. The van der Waals surface area contributed by atoms with Crippen molar-refractivity contribution < 1.29 is 13.2 Å². The number of pyridine rings is 1. The number of rotatable bonds is 2. The molecule has 18 heavy (non-hydrogen) atoms. The number of hydrogen-bond donors (Lipinski definition) is 0. The van der Waals surface area contributed by atoms with E-state index in [-0.39, 0.29) is 5.02 Å². The van der Waals surface area contributed by atoms with Crippen LogP contribution in [0.2, 0.25) is 5.02 Å². The van der Waals surface area contributed by atoms with Gasteiger partial charge in [0, 0.05) is 18.8 Å². The van der Waals surface area contributed by atoms with E-state index in [0.717, 1.165) is 25.2 Å². The summed E-state index contributed by atoms with van der Waals surface area (Å²) in [6.45, 7) is 4.95. The minimum absolute atomic E-state index is 0.0650. The number of halogens is 4. The summed E-state index contributed by atoms with van der Waals surface area (Å²) in [4.78, 5) is 5.84. The Labute approximate surface area is 109 Å². The van der Waals surface area contributed by atoms with Gasteiger partial charge in [0.05, 0.1) is 10.6 Å². The topological polar surface area (TPSA) is 16.1 Å². The highest BCUT2D eigenvalue weighted by Gasteiger charge is 2.35. The molecule has 0 aliphatic carbocycles. The molecule has 0 amide bonds. The van der Waals surface area contributed by atoms with Crippen LogP contribution in [-0.2, 0) is 6.18 Å². The smallest absolute Gasteiger partial charge is 0.352 e. The second-order valence-corrected chi connectivity index (χ2v) is 5.23. The second-order valence-electron chi connectivity index (χ2n) is 4.82. The fourth-order valence-corrected chi connectivity index (χ4v) is 2.44. The van der Waals surface area contributed by atoms with Crippen LogP contribution in [0.25, 0.3) is 0 Å². The molecular formula is C12H14ClF3N2. The number of alkyl halides is 3. The molecule has 2 nitrogen and oxygen atoms in total. The average molecular weight is 279 g/mol. The van der Waals surface area contributed by atoms with Gasteiger partial charge in [-0.3, -0.25) is 0 Å². The lowest BCUT2D eigenvalue weighted by Gasteiger charge is -2.44. The Balaban J connectivity index is 2.26. The normalized spacial score (nSPS) is 20.2. The van der Waals surface area contributed by atoms with E-state index >= 15 is 0 Å². The highest BCUT2D eigenvalue weighted by molar-refractivity contribution is 6.33. The van der Waals surface area contributed by atoms with E-state index in [1.807, 2.05) is 4.90 Å². The zero-order chi connectivity index (χ0) is 13.5. The highest BCUT2D eigenvalue weighted by atomic mass is 35.5. The van der Waals surface area contributed by atoms with Gasteiger partial charge in [-0.05, 0) is 18.4 Å². The lowest BCUT2D eigenvalue weighted by atomic mass is 9.92. The van der Waals surface area contributed by atoms with E-state index in [4.69, 9.17) is 11.6 Å². The van der Waals surface area contributed by atoms with E-state index in [0.29, 0.717) is 17.8 Å². The molecule has 0 N–H and O–H groups in total. The largest absolute Gasteiger partial charge is 0.417 e. The summed E-state index contributed by atoms with van der Waals surface area (Å²) in [7, 11) is 0. The summed E-state index contributed by atoms with van der Waals surface area (Å²) >= 11 is 5.91. The number of anilines is 1. The second kappa shape index (κ2) is 4.61. The maximum Gasteiger partial charge on any atom is 0.417 e. The molecule has 2 heterocycles. The van der Waals surface area contributed by atoms with Gasteiger partial charge in [-0.1, -0.05) is 25.4 Å². The van der Waals surface area contributed by atoms with Gasteiger partial charge in [0.1, 0.15) is 5.82 Å². The summed E-state index contributed by atoms with van der Waals surface area (Å²) in [5.41, 5.74) is -0.808. The first-order valence-corrected chi connectivity index (χ1v) is 6.18. The van der Waals surface area contributed by atoms with Gasteiger partial charge in [-0.2, -0.15) is 13.2 Å². The predicted molar refractivity (Wildman–Crippen MR) is 64.8 cm³/mol. The van der Waals surface area contributed by atoms with Crippen molar-refractivity contribution in [3.05, 3.63) is 22.8 Å². The first-order chi connectivity index (χ1) is 8.30. The van der Waals surface area contributed by atoms with Crippen molar-refractivity contribution in [3.8, 4) is 0 Å². The maximum atomic E-state index is 12.5. The fraction of sp³-hybridized carbons (Fsp3) is 0.583. The lowest BCUT2D eigenvalue weighted by molar-refractivity contribution is -0.137. The van der Waals surface area contributed by atoms with Crippen LogP contribution in [0.1, 0.15) is 25.8 Å². The molecule has 1 aliphatic rings. The van der Waals surface area contributed by atoms with E-state index in [2.05, 4.69) is 18.8 Å². The molecule has 1 aromatic heterocycles. The zero-order valence-electron chi connectivity index (χ0n) is 10.1. The van der Waals surface area contributed by atoms with Crippen LogP contribution in [0, 0.1) is 5.92 Å². The van der Waals surface area contributed by atoms with Gasteiger partial charge < -0.3 is 4.90 Å². The van der Waals surface area contributed by atoms with Crippen molar-refractivity contribution in [1.82, 2.24) is 4.98 Å². The summed E-state index contributed by atoms with van der Waals surface area (Å²) in [6, 6.07) is 1.26. The Morgan fingerprint density at radius 3 is 2.50 bits per heavy atom. The molecule has 0 radical (unpaired) electrons. The van der Waals surface area contributed by atoms with Crippen molar-refractivity contribution in [2.45, 2.75) is 32.5 Å². The quantitative estimate of drug-likeness (QED) is 0.813. The number of hydrogen-bond acceptors (Lipinski definition) is 2. The zero-order valence-corrected chi connectivity index (χ0v) is 10.9. The van der Waals surface area contributed by atoms with Crippen LogP contribution < -0.4 is 4.90 Å². The van der Waals surface area contributed by atoms with E-state index in [1.165, 1.54) is 0 Å². The summed E-state index contributed by atoms with van der Waals surface area (Å²) in [5.74, 6) is 0.883. The minimum atomic E-state index is -4.40. The van der Waals surface area contributed by atoms with Gasteiger partial charge in [0.25, 0.3) is 0 Å². The minimum Gasteiger partial charge on any atom is -0.352 e. The predicted octanol–water partition coefficient (Wildman–Crippen LogP) is 3.99. The van der Waals surface area contributed by atoms with Gasteiger partial charge in [0.2, 0.25) is 0 Å². The van der Waals surface area contributed by atoms with Gasteiger partial charge in [-0.15, -0.1) is 0 Å². The summed E-state index contributed by atoms with van der Waals surface area (Å²) < 4.78 is 37.5. The maximum absolute atomic E-state index is 12.5. The van der Waals surface area contributed by atoms with Gasteiger partial charge in [0.15, 0.2) is 0 Å². The standard InChI is InChI=1S/C12H14ClF3N2/c1-7(2)10-3-4-18(10)11-9(13)5-8(6-17-11)12(14,15)16/h5-7,10H,3-4H2,1-2H3. The number of aromatic nitrogens is 1. The molecule has 0 spiro atoms. The molecule has 0 saturated carbocycles. The monoisotopic (exact) mass is 278 g/mol. The molecule has 1 saturated heterocycles. The molecule has 0 bridgehead atoms. The third-order valence-electron chi connectivity index (χ3n) is 3.26. The fourth-order valence-electron chi connectivity index (χ4n) is 2.16. The molecule has 1 atom stereocenters. The average Bonchev–Trinajstić information content (AvgIpc) is 2.16. The Morgan fingerprint density at radius 2 is 2.11 bits per heavy atom. The Hall–Kier alpha value is -0.970. The van der Waals surface area contributed by atoms with Crippen LogP contribution in [0.15, 0.2) is 12.3 Å². The first-order valence-electron chi connectivity index (χ1n) is 5.80. The number of nitrogens with zero attached hydrogens (tertiary/aromatic N) is 2. The molecule has 1 unspecified atom stereocenters. The van der Waals surface area contributed by atoms with Crippen LogP contribution in [0.3, 0.4) is 0 Å². The third kappa shape index (κ3) is 2.41. The summed E-state index contributed by atoms with van der Waals surface area (Å²) in [6.07, 6.45) is -2.53. The van der Waals surface area contributed by atoms with Crippen molar-refractivity contribution in [3.63, 3.8) is 0 Å². The molecule has 0 aromatic carbocycles. The SMILES string of the molecule is CC(C)C1CCN1c1ncc(C(F)(F)F)cc1Cl. The third-order valence-corrected chi connectivity index (χ3v) is 3.53. The van der Waals surface area contributed by atoms with Crippen molar-refractivity contribution in [2.24, 2.45) is 5.92 Å². The van der Waals surface area contributed by atoms with Gasteiger partial charge in [-0.25, -0.2) is 4.98 Å². The molecule has 100 valence electrons. The van der Waals surface area contributed by atoms with Crippen LogP contribution in [0.4, 0.5) is 19.0 Å². The highest BCUT2D eigenvalue weighted by Crippen LogP contribution is 2.37.